The molecule has 0 N–H and O–H groups in total. The second kappa shape index (κ2) is 9.44. The summed E-state index contributed by atoms with van der Waals surface area (Å²) in [6.07, 6.45) is 13.1. The van der Waals surface area contributed by atoms with E-state index in [-0.39, 0.29) is 10.8 Å². The Bertz CT molecular complexity index is 572. The Morgan fingerprint density at radius 1 is 0.962 bits per heavy atom. The van der Waals surface area contributed by atoms with Gasteiger partial charge in [-0.25, -0.2) is 4.39 Å². The number of benzene rings is 1. The van der Waals surface area contributed by atoms with E-state index in [2.05, 4.69) is 6.92 Å². The molecule has 146 valence electrons. The van der Waals surface area contributed by atoms with E-state index in [9.17, 15) is 4.39 Å². The van der Waals surface area contributed by atoms with Gasteiger partial charge in [-0.05, 0) is 80.8 Å². The SMILES string of the molecule is CCCC1CCC(C2CCC(c3ccc(OCC)c(Cl)c3F)CC2)CC1. The zero-order valence-electron chi connectivity index (χ0n) is 16.4. The molecule has 0 radical (unpaired) electrons. The third-order valence-electron chi connectivity index (χ3n) is 6.84. The molecule has 0 atom stereocenters. The van der Waals surface area contributed by atoms with Gasteiger partial charge in [0.05, 0.1) is 6.61 Å². The van der Waals surface area contributed by atoms with Crippen molar-refractivity contribution >= 4 is 11.6 Å². The summed E-state index contributed by atoms with van der Waals surface area (Å²) in [5, 5.41) is 0.153. The molecule has 2 saturated carbocycles. The van der Waals surface area contributed by atoms with Crippen LogP contribution in [0.2, 0.25) is 5.02 Å². The first kappa shape index (κ1) is 20.0. The molecule has 0 aromatic heterocycles. The lowest BCUT2D eigenvalue weighted by molar-refractivity contribution is 0.156. The first-order valence-corrected chi connectivity index (χ1v) is 11.1. The molecule has 0 spiro atoms. The second-order valence-electron chi connectivity index (χ2n) is 8.40. The molecular weight excluding hydrogens is 347 g/mol. The van der Waals surface area contributed by atoms with Gasteiger partial charge in [-0.2, -0.15) is 0 Å². The fourth-order valence-corrected chi connectivity index (χ4v) is 5.61. The van der Waals surface area contributed by atoms with Crippen molar-refractivity contribution in [1.82, 2.24) is 0 Å². The molecule has 0 saturated heterocycles. The molecule has 3 heteroatoms. The maximum absolute atomic E-state index is 14.7. The van der Waals surface area contributed by atoms with Crippen LogP contribution >= 0.6 is 11.6 Å². The van der Waals surface area contributed by atoms with Crippen LogP contribution in [-0.4, -0.2) is 6.61 Å². The minimum Gasteiger partial charge on any atom is -0.492 e. The highest BCUT2D eigenvalue weighted by molar-refractivity contribution is 6.32. The lowest BCUT2D eigenvalue weighted by Gasteiger charge is -2.38. The fraction of sp³-hybridized carbons (Fsp3) is 0.739. The van der Waals surface area contributed by atoms with Gasteiger partial charge in [0.25, 0.3) is 0 Å². The molecule has 3 rings (SSSR count). The van der Waals surface area contributed by atoms with Crippen molar-refractivity contribution < 1.29 is 9.13 Å². The molecule has 0 bridgehead atoms. The highest BCUT2D eigenvalue weighted by Crippen LogP contribution is 2.45. The normalized spacial score (nSPS) is 29.5. The molecule has 2 fully saturated rings. The van der Waals surface area contributed by atoms with Crippen molar-refractivity contribution in [3.8, 4) is 5.75 Å². The standard InChI is InChI=1S/C23H34ClFO/c1-3-5-16-6-8-17(9-7-16)18-10-12-19(13-11-18)20-14-15-21(26-4-2)22(24)23(20)25/h14-19H,3-13H2,1-2H3. The molecule has 2 aliphatic rings. The first-order valence-electron chi connectivity index (χ1n) is 10.7. The Balaban J connectivity index is 1.55. The van der Waals surface area contributed by atoms with Crippen molar-refractivity contribution in [3.63, 3.8) is 0 Å². The predicted molar refractivity (Wildman–Crippen MR) is 108 cm³/mol. The Labute approximate surface area is 163 Å². The van der Waals surface area contributed by atoms with Gasteiger partial charge >= 0.3 is 0 Å². The molecule has 1 aromatic carbocycles. The van der Waals surface area contributed by atoms with Crippen LogP contribution in [0.1, 0.15) is 89.5 Å². The van der Waals surface area contributed by atoms with Gasteiger partial charge in [0.15, 0.2) is 0 Å². The second-order valence-corrected chi connectivity index (χ2v) is 8.77. The van der Waals surface area contributed by atoms with Crippen LogP contribution in [0.5, 0.6) is 5.75 Å². The van der Waals surface area contributed by atoms with Gasteiger partial charge in [0, 0.05) is 0 Å². The summed E-state index contributed by atoms with van der Waals surface area (Å²) in [5.41, 5.74) is 0.795. The molecule has 1 nitrogen and oxygen atoms in total. The number of hydrogen-bond donors (Lipinski definition) is 0. The van der Waals surface area contributed by atoms with E-state index in [1.165, 1.54) is 51.4 Å². The fourth-order valence-electron chi connectivity index (χ4n) is 5.39. The lowest BCUT2D eigenvalue weighted by atomic mass is 9.68. The number of ether oxygens (including phenoxy) is 1. The molecule has 0 heterocycles. The highest BCUT2D eigenvalue weighted by Gasteiger charge is 2.32. The summed E-state index contributed by atoms with van der Waals surface area (Å²) in [6, 6.07) is 3.73. The zero-order chi connectivity index (χ0) is 18.5. The Hall–Kier alpha value is -0.760. The average molecular weight is 381 g/mol. The first-order chi connectivity index (χ1) is 12.6. The maximum Gasteiger partial charge on any atom is 0.149 e. The summed E-state index contributed by atoms with van der Waals surface area (Å²) >= 11 is 6.19. The Kier molecular flexibility index (Phi) is 7.26. The van der Waals surface area contributed by atoms with Gasteiger partial charge in [0.1, 0.15) is 16.6 Å². The molecule has 2 aliphatic carbocycles. The van der Waals surface area contributed by atoms with Gasteiger partial charge in [-0.3, -0.25) is 0 Å². The van der Waals surface area contributed by atoms with E-state index >= 15 is 0 Å². The van der Waals surface area contributed by atoms with Crippen LogP contribution in [0, 0.1) is 23.6 Å². The third-order valence-corrected chi connectivity index (χ3v) is 7.20. The van der Waals surface area contributed by atoms with Crippen molar-refractivity contribution in [3.05, 3.63) is 28.5 Å². The topological polar surface area (TPSA) is 9.23 Å². The minimum atomic E-state index is -0.263. The van der Waals surface area contributed by atoms with E-state index < -0.39 is 0 Å². The quantitative estimate of drug-likeness (QED) is 0.490. The van der Waals surface area contributed by atoms with Crippen molar-refractivity contribution in [2.45, 2.75) is 84.0 Å². The Morgan fingerprint density at radius 2 is 1.58 bits per heavy atom. The number of hydrogen-bond acceptors (Lipinski definition) is 1. The monoisotopic (exact) mass is 380 g/mol. The third kappa shape index (κ3) is 4.55. The van der Waals surface area contributed by atoms with E-state index in [0.717, 1.165) is 36.2 Å². The van der Waals surface area contributed by atoms with E-state index in [1.807, 2.05) is 19.1 Å². The number of rotatable bonds is 6. The highest BCUT2D eigenvalue weighted by atomic mass is 35.5. The summed E-state index contributed by atoms with van der Waals surface area (Å²) in [5.74, 6) is 3.27. The van der Waals surface area contributed by atoms with Crippen molar-refractivity contribution in [2.24, 2.45) is 17.8 Å². The molecule has 0 aliphatic heterocycles. The van der Waals surface area contributed by atoms with Crippen LogP contribution < -0.4 is 4.74 Å². The summed E-state index contributed by atoms with van der Waals surface area (Å²) < 4.78 is 20.1. The number of halogens is 2. The Morgan fingerprint density at radius 3 is 2.15 bits per heavy atom. The largest absolute Gasteiger partial charge is 0.492 e. The maximum atomic E-state index is 14.7. The van der Waals surface area contributed by atoms with Crippen LogP contribution in [0.15, 0.2) is 12.1 Å². The van der Waals surface area contributed by atoms with Crippen LogP contribution in [0.25, 0.3) is 0 Å². The average Bonchev–Trinajstić information content (AvgIpc) is 2.67. The molecule has 26 heavy (non-hydrogen) atoms. The summed E-state index contributed by atoms with van der Waals surface area (Å²) in [6.45, 7) is 4.70. The summed E-state index contributed by atoms with van der Waals surface area (Å²) in [4.78, 5) is 0. The van der Waals surface area contributed by atoms with Gasteiger partial charge in [-0.15, -0.1) is 0 Å². The molecule has 1 aromatic rings. The van der Waals surface area contributed by atoms with Gasteiger partial charge in [-0.1, -0.05) is 50.3 Å². The van der Waals surface area contributed by atoms with Crippen molar-refractivity contribution in [2.75, 3.05) is 6.61 Å². The zero-order valence-corrected chi connectivity index (χ0v) is 17.2. The van der Waals surface area contributed by atoms with E-state index in [1.54, 1.807) is 0 Å². The van der Waals surface area contributed by atoms with Crippen LogP contribution in [0.4, 0.5) is 4.39 Å². The van der Waals surface area contributed by atoms with E-state index in [0.29, 0.717) is 18.3 Å². The van der Waals surface area contributed by atoms with E-state index in [4.69, 9.17) is 16.3 Å². The minimum absolute atomic E-state index is 0.153. The predicted octanol–water partition coefficient (Wildman–Crippen LogP) is 7.76. The van der Waals surface area contributed by atoms with Crippen LogP contribution in [-0.2, 0) is 0 Å². The van der Waals surface area contributed by atoms with Gasteiger partial charge < -0.3 is 4.74 Å². The molecule has 0 unspecified atom stereocenters. The summed E-state index contributed by atoms with van der Waals surface area (Å²) in [7, 11) is 0. The molecular formula is C23H34ClFO. The molecule has 0 amide bonds. The lowest BCUT2D eigenvalue weighted by Crippen LogP contribution is -2.25. The smallest absolute Gasteiger partial charge is 0.149 e. The van der Waals surface area contributed by atoms with Crippen LogP contribution in [0.3, 0.4) is 0 Å². The van der Waals surface area contributed by atoms with Gasteiger partial charge in [0.2, 0.25) is 0 Å². The van der Waals surface area contributed by atoms with Crippen molar-refractivity contribution in [1.29, 1.82) is 0 Å².